The summed E-state index contributed by atoms with van der Waals surface area (Å²) < 4.78 is 94.4. The van der Waals surface area contributed by atoms with E-state index in [9.17, 15) is 30.7 Å². The van der Waals surface area contributed by atoms with Crippen molar-refractivity contribution in [3.63, 3.8) is 0 Å². The second-order valence-corrected chi connectivity index (χ2v) is 9.58. The first-order valence-corrected chi connectivity index (χ1v) is 12.6. The minimum absolute atomic E-state index is 0.133. The lowest BCUT2D eigenvalue weighted by atomic mass is 10.0. The summed E-state index contributed by atoms with van der Waals surface area (Å²) in [5.74, 6) is 0.108. The third-order valence-electron chi connectivity index (χ3n) is 6.41. The number of hydrogen-bond donors (Lipinski definition) is 1. The minimum atomic E-state index is -4.64. The minimum Gasteiger partial charge on any atom is -0.340 e. The van der Waals surface area contributed by atoms with Gasteiger partial charge in [0, 0.05) is 34.9 Å². The number of benzene rings is 3. The fraction of sp³-hybridized carbons (Fsp3) is 0.167. The number of hydrogen-bond acceptors (Lipinski definition) is 5. The lowest BCUT2D eigenvalue weighted by molar-refractivity contribution is -0.138. The summed E-state index contributed by atoms with van der Waals surface area (Å²) in [7, 11) is 1.73. The Kier molecular flexibility index (Phi) is 7.83. The molecule has 42 heavy (non-hydrogen) atoms. The summed E-state index contributed by atoms with van der Waals surface area (Å²) in [4.78, 5) is 14.8. The number of nitrogens with zero attached hydrogens (tertiary/aromatic N) is 4. The molecule has 2 aromatic heterocycles. The molecule has 0 aliphatic rings. The van der Waals surface area contributed by atoms with Gasteiger partial charge in [-0.15, -0.1) is 0 Å². The van der Waals surface area contributed by atoms with Gasteiger partial charge in [0.15, 0.2) is 0 Å². The highest BCUT2D eigenvalue weighted by Crippen LogP contribution is 2.37. The van der Waals surface area contributed by atoms with Crippen LogP contribution in [-0.2, 0) is 25.4 Å². The molecule has 0 bridgehead atoms. The van der Waals surface area contributed by atoms with Gasteiger partial charge in [-0.1, -0.05) is 24.3 Å². The van der Waals surface area contributed by atoms with E-state index in [4.69, 9.17) is 0 Å². The lowest BCUT2D eigenvalue weighted by Gasteiger charge is -2.18. The summed E-state index contributed by atoms with van der Waals surface area (Å²) in [5, 5.41) is 3.42. The zero-order chi connectivity index (χ0) is 30.1. The van der Waals surface area contributed by atoms with Crippen LogP contribution in [0.25, 0.3) is 22.2 Å². The Hall–Kier alpha value is -4.58. The summed E-state index contributed by atoms with van der Waals surface area (Å²) in [6.45, 7) is 0.353. The van der Waals surface area contributed by atoms with Crippen molar-refractivity contribution in [2.45, 2.75) is 25.4 Å². The zero-order valence-electron chi connectivity index (χ0n) is 21.9. The molecule has 3 aromatic carbocycles. The van der Waals surface area contributed by atoms with Crippen molar-refractivity contribution in [1.29, 1.82) is 0 Å². The number of halogens is 7. The van der Waals surface area contributed by atoms with Crippen LogP contribution in [0.15, 0.2) is 85.1 Å². The van der Waals surface area contributed by atoms with Crippen LogP contribution < -0.4 is 5.32 Å². The Balaban J connectivity index is 1.55. The first-order valence-electron chi connectivity index (χ1n) is 12.6. The van der Waals surface area contributed by atoms with Crippen LogP contribution >= 0.6 is 0 Å². The van der Waals surface area contributed by atoms with Crippen LogP contribution in [0.3, 0.4) is 0 Å². The molecule has 5 nitrogen and oxygen atoms in total. The van der Waals surface area contributed by atoms with Crippen LogP contribution in [0.5, 0.6) is 0 Å². The maximum absolute atomic E-state index is 14.2. The van der Waals surface area contributed by atoms with Gasteiger partial charge >= 0.3 is 12.4 Å². The lowest BCUT2D eigenvalue weighted by Crippen LogP contribution is -2.20. The Morgan fingerprint density at radius 1 is 0.786 bits per heavy atom. The van der Waals surface area contributed by atoms with Gasteiger partial charge in [-0.05, 0) is 61.6 Å². The first-order chi connectivity index (χ1) is 19.9. The standard InChI is InChI=1S/C30H22F7N5/c1-42(16-19-5-2-3-7-24(19)31)17-26-40-25-15-18(27-23(30(35,36)37)6-4-14-38-27)8-13-22(25)28(41-26)39-21-11-9-20(10-12-21)29(32,33)34/h2-15H,16-17H2,1H3,(H,39,40,41). The predicted octanol–water partition coefficient (Wildman–Crippen LogP) is 8.24. The van der Waals surface area contributed by atoms with E-state index >= 15 is 0 Å². The normalized spacial score (nSPS) is 12.2. The van der Waals surface area contributed by atoms with Crippen LogP contribution in [-0.4, -0.2) is 26.9 Å². The molecule has 216 valence electrons. The molecule has 12 heteroatoms. The van der Waals surface area contributed by atoms with E-state index in [0.29, 0.717) is 16.6 Å². The third-order valence-corrected chi connectivity index (χ3v) is 6.41. The SMILES string of the molecule is CN(Cc1nc(Nc2ccc(C(F)(F)F)cc2)c2ccc(-c3ncccc3C(F)(F)F)cc2n1)Cc1ccccc1F. The molecule has 1 N–H and O–H groups in total. The molecule has 5 aromatic rings. The smallest absolute Gasteiger partial charge is 0.340 e. The molecule has 0 saturated heterocycles. The quantitative estimate of drug-likeness (QED) is 0.195. The number of alkyl halides is 6. The fourth-order valence-electron chi connectivity index (χ4n) is 4.45. The molecule has 0 atom stereocenters. The molecule has 0 radical (unpaired) electrons. The van der Waals surface area contributed by atoms with Crippen molar-refractivity contribution in [2.75, 3.05) is 12.4 Å². The number of anilines is 2. The number of aromatic nitrogens is 3. The second kappa shape index (κ2) is 11.4. The number of rotatable bonds is 7. The van der Waals surface area contributed by atoms with Crippen molar-refractivity contribution in [3.05, 3.63) is 113 Å². The molecule has 0 amide bonds. The predicted molar refractivity (Wildman–Crippen MR) is 144 cm³/mol. The van der Waals surface area contributed by atoms with Gasteiger partial charge in [0.25, 0.3) is 0 Å². The molecule has 0 aliphatic heterocycles. The summed E-state index contributed by atoms with van der Waals surface area (Å²) in [5.41, 5.74) is -0.808. The highest BCUT2D eigenvalue weighted by Gasteiger charge is 2.34. The molecule has 2 heterocycles. The Bertz CT molecular complexity index is 1720. The van der Waals surface area contributed by atoms with E-state index in [-0.39, 0.29) is 47.3 Å². The Morgan fingerprint density at radius 3 is 2.21 bits per heavy atom. The van der Waals surface area contributed by atoms with Gasteiger partial charge in [-0.25, -0.2) is 14.4 Å². The van der Waals surface area contributed by atoms with Crippen molar-refractivity contribution in [2.24, 2.45) is 0 Å². The second-order valence-electron chi connectivity index (χ2n) is 9.58. The number of pyridine rings is 1. The van der Waals surface area contributed by atoms with Crippen molar-refractivity contribution in [3.8, 4) is 11.3 Å². The van der Waals surface area contributed by atoms with Gasteiger partial charge in [0.05, 0.1) is 28.9 Å². The first kappa shape index (κ1) is 28.9. The summed E-state index contributed by atoms with van der Waals surface area (Å²) >= 11 is 0. The van der Waals surface area contributed by atoms with E-state index in [1.165, 1.54) is 48.7 Å². The molecule has 5 rings (SSSR count). The third kappa shape index (κ3) is 6.49. The van der Waals surface area contributed by atoms with Crippen LogP contribution in [0, 0.1) is 5.82 Å². The van der Waals surface area contributed by atoms with Crippen molar-refractivity contribution < 1.29 is 30.7 Å². The largest absolute Gasteiger partial charge is 0.418 e. The molecule has 0 aliphatic carbocycles. The van der Waals surface area contributed by atoms with E-state index < -0.39 is 23.5 Å². The average molecular weight is 586 g/mol. The van der Waals surface area contributed by atoms with Crippen molar-refractivity contribution in [1.82, 2.24) is 19.9 Å². The molecular formula is C30H22F7N5. The number of fused-ring (bicyclic) bond motifs is 1. The van der Waals surface area contributed by atoms with Gasteiger partial charge in [0.2, 0.25) is 0 Å². The fourth-order valence-corrected chi connectivity index (χ4v) is 4.45. The van der Waals surface area contributed by atoms with E-state index in [1.54, 1.807) is 30.1 Å². The van der Waals surface area contributed by atoms with E-state index in [1.807, 2.05) is 0 Å². The van der Waals surface area contributed by atoms with Gasteiger partial charge < -0.3 is 5.32 Å². The van der Waals surface area contributed by atoms with Crippen molar-refractivity contribution >= 4 is 22.4 Å². The van der Waals surface area contributed by atoms with Crippen LogP contribution in [0.1, 0.15) is 22.5 Å². The van der Waals surface area contributed by atoms with Crippen LogP contribution in [0.4, 0.5) is 42.2 Å². The topological polar surface area (TPSA) is 53.9 Å². The Labute approximate surface area is 235 Å². The van der Waals surface area contributed by atoms with Gasteiger partial charge in [0.1, 0.15) is 17.5 Å². The molecule has 0 spiro atoms. The molecular weight excluding hydrogens is 563 g/mol. The van der Waals surface area contributed by atoms with Crippen LogP contribution in [0.2, 0.25) is 0 Å². The van der Waals surface area contributed by atoms with Gasteiger partial charge in [-0.3, -0.25) is 9.88 Å². The summed E-state index contributed by atoms with van der Waals surface area (Å²) in [6, 6.07) is 17.2. The molecule has 0 fully saturated rings. The Morgan fingerprint density at radius 2 is 1.52 bits per heavy atom. The molecule has 0 saturated carbocycles. The average Bonchev–Trinajstić information content (AvgIpc) is 2.93. The maximum Gasteiger partial charge on any atom is 0.418 e. The zero-order valence-corrected chi connectivity index (χ0v) is 21.9. The van der Waals surface area contributed by atoms with E-state index in [0.717, 1.165) is 18.2 Å². The highest BCUT2D eigenvalue weighted by atomic mass is 19.4. The van der Waals surface area contributed by atoms with Gasteiger partial charge in [-0.2, -0.15) is 26.3 Å². The van der Waals surface area contributed by atoms with E-state index in [2.05, 4.69) is 20.3 Å². The summed E-state index contributed by atoms with van der Waals surface area (Å²) in [6.07, 6.45) is -7.89. The highest BCUT2D eigenvalue weighted by molar-refractivity contribution is 5.93. The monoisotopic (exact) mass is 585 g/mol. The maximum atomic E-state index is 14.2. The molecule has 0 unspecified atom stereocenters. The number of nitrogens with one attached hydrogen (secondary N) is 1.